The second-order valence-corrected chi connectivity index (χ2v) is 5.64. The normalized spacial score (nSPS) is 10.6. The summed E-state index contributed by atoms with van der Waals surface area (Å²) in [4.78, 5) is 12.5. The zero-order valence-corrected chi connectivity index (χ0v) is 16.2. The van der Waals surface area contributed by atoms with Gasteiger partial charge in [0.25, 0.3) is 5.91 Å². The van der Waals surface area contributed by atoms with E-state index < -0.39 is 5.91 Å². The highest BCUT2D eigenvalue weighted by Crippen LogP contribution is 2.27. The fraction of sp³-hybridized carbons (Fsp3) is 0.238. The maximum Gasteiger partial charge on any atom is 0.262 e. The van der Waals surface area contributed by atoms with E-state index in [1.165, 1.54) is 20.3 Å². The highest BCUT2D eigenvalue weighted by Gasteiger charge is 2.13. The quantitative estimate of drug-likeness (QED) is 0.558. The van der Waals surface area contributed by atoms with Crippen molar-refractivity contribution in [1.29, 1.82) is 5.26 Å². The minimum Gasteiger partial charge on any atom is -0.497 e. The monoisotopic (exact) mass is 382 g/mol. The predicted octanol–water partition coefficient (Wildman–Crippen LogP) is 2.94. The summed E-state index contributed by atoms with van der Waals surface area (Å²) in [5.74, 6) is 1.84. The molecule has 146 valence electrons. The van der Waals surface area contributed by atoms with Crippen molar-refractivity contribution < 1.29 is 23.7 Å². The molecule has 2 rings (SSSR count). The molecule has 2 aromatic carbocycles. The van der Waals surface area contributed by atoms with Gasteiger partial charge in [-0.1, -0.05) is 0 Å². The molecule has 0 aliphatic carbocycles. The summed E-state index contributed by atoms with van der Waals surface area (Å²) in [5.41, 5.74) is 1.31. The van der Waals surface area contributed by atoms with Gasteiger partial charge in [0.15, 0.2) is 0 Å². The summed E-state index contributed by atoms with van der Waals surface area (Å²) in [6.07, 6.45) is 1.47. The fourth-order valence-electron chi connectivity index (χ4n) is 2.51. The molecular weight excluding hydrogens is 360 g/mol. The van der Waals surface area contributed by atoms with E-state index in [0.29, 0.717) is 28.6 Å². The molecule has 0 spiro atoms. The molecule has 0 heterocycles. The van der Waals surface area contributed by atoms with Gasteiger partial charge in [0, 0.05) is 29.8 Å². The Morgan fingerprint density at radius 3 is 2.14 bits per heavy atom. The number of carbonyl (C=O) groups excluding carboxylic acids is 1. The Morgan fingerprint density at radius 2 is 1.57 bits per heavy atom. The Labute approximate surface area is 164 Å². The number of nitrogens with zero attached hydrogens (tertiary/aromatic N) is 1. The maximum absolute atomic E-state index is 12.5. The zero-order valence-electron chi connectivity index (χ0n) is 16.2. The lowest BCUT2D eigenvalue weighted by atomic mass is 10.1. The van der Waals surface area contributed by atoms with Crippen LogP contribution in [0, 0.1) is 11.3 Å². The van der Waals surface area contributed by atoms with Crippen LogP contribution in [-0.4, -0.2) is 34.3 Å². The van der Waals surface area contributed by atoms with E-state index in [0.717, 1.165) is 5.56 Å². The van der Waals surface area contributed by atoms with E-state index in [1.54, 1.807) is 50.6 Å². The first-order valence-electron chi connectivity index (χ1n) is 8.39. The average Bonchev–Trinajstić information content (AvgIpc) is 2.75. The summed E-state index contributed by atoms with van der Waals surface area (Å²) in [7, 11) is 6.16. The fourth-order valence-corrected chi connectivity index (χ4v) is 2.51. The van der Waals surface area contributed by atoms with Crippen LogP contribution in [0.4, 0.5) is 0 Å². The SMILES string of the molecule is COc1ccc(/C=C(\C#N)C(=O)NCc2ccc(OC)cc2OC)c(OC)c1. The van der Waals surface area contributed by atoms with Gasteiger partial charge in [0.05, 0.1) is 28.4 Å². The molecule has 0 atom stereocenters. The van der Waals surface area contributed by atoms with E-state index >= 15 is 0 Å². The van der Waals surface area contributed by atoms with Crippen molar-refractivity contribution in [2.45, 2.75) is 6.54 Å². The molecule has 0 unspecified atom stereocenters. The predicted molar refractivity (Wildman–Crippen MR) is 105 cm³/mol. The van der Waals surface area contributed by atoms with E-state index in [4.69, 9.17) is 18.9 Å². The van der Waals surface area contributed by atoms with Crippen LogP contribution in [0.3, 0.4) is 0 Å². The Kier molecular flexibility index (Phi) is 7.28. The van der Waals surface area contributed by atoms with Gasteiger partial charge in [-0.15, -0.1) is 0 Å². The molecule has 0 aliphatic heterocycles. The van der Waals surface area contributed by atoms with E-state index in [2.05, 4.69) is 5.32 Å². The number of carbonyl (C=O) groups is 1. The van der Waals surface area contributed by atoms with Crippen LogP contribution >= 0.6 is 0 Å². The van der Waals surface area contributed by atoms with Crippen LogP contribution in [0.5, 0.6) is 23.0 Å². The van der Waals surface area contributed by atoms with Gasteiger partial charge in [0.2, 0.25) is 0 Å². The number of rotatable bonds is 8. The number of methoxy groups -OCH3 is 4. The molecule has 0 aromatic heterocycles. The lowest BCUT2D eigenvalue weighted by molar-refractivity contribution is -0.117. The van der Waals surface area contributed by atoms with Gasteiger partial charge >= 0.3 is 0 Å². The van der Waals surface area contributed by atoms with Crippen molar-refractivity contribution in [3.63, 3.8) is 0 Å². The number of nitriles is 1. The molecule has 7 heteroatoms. The minimum absolute atomic E-state index is 0.0454. The van der Waals surface area contributed by atoms with Gasteiger partial charge in [-0.05, 0) is 30.3 Å². The van der Waals surface area contributed by atoms with E-state index in [1.807, 2.05) is 6.07 Å². The average molecular weight is 382 g/mol. The lowest BCUT2D eigenvalue weighted by Crippen LogP contribution is -2.24. The first-order valence-corrected chi connectivity index (χ1v) is 8.39. The summed E-state index contributed by atoms with van der Waals surface area (Å²) >= 11 is 0. The molecule has 0 saturated carbocycles. The summed E-state index contributed by atoms with van der Waals surface area (Å²) in [5, 5.41) is 12.1. The number of hydrogen-bond acceptors (Lipinski definition) is 6. The van der Waals surface area contributed by atoms with Crippen LogP contribution in [0.1, 0.15) is 11.1 Å². The highest BCUT2D eigenvalue weighted by atomic mass is 16.5. The largest absolute Gasteiger partial charge is 0.497 e. The molecule has 7 nitrogen and oxygen atoms in total. The van der Waals surface area contributed by atoms with Crippen molar-refractivity contribution in [2.75, 3.05) is 28.4 Å². The topological polar surface area (TPSA) is 89.8 Å². The number of nitrogens with one attached hydrogen (secondary N) is 1. The van der Waals surface area contributed by atoms with Crippen molar-refractivity contribution in [2.24, 2.45) is 0 Å². The third-order valence-electron chi connectivity index (χ3n) is 4.04. The van der Waals surface area contributed by atoms with Gasteiger partial charge in [-0.3, -0.25) is 4.79 Å². The van der Waals surface area contributed by atoms with Gasteiger partial charge in [-0.2, -0.15) is 5.26 Å². The molecule has 28 heavy (non-hydrogen) atoms. The maximum atomic E-state index is 12.5. The van der Waals surface area contributed by atoms with Crippen LogP contribution in [0.15, 0.2) is 42.0 Å². The van der Waals surface area contributed by atoms with Crippen molar-refractivity contribution in [3.8, 4) is 29.1 Å². The molecule has 0 bridgehead atoms. The standard InChI is InChI=1S/C21H22N2O5/c1-25-17-7-5-14(19(10-17)27-3)9-16(12-22)21(24)23-13-15-6-8-18(26-2)11-20(15)28-4/h5-11H,13H2,1-4H3,(H,23,24)/b16-9+. The molecule has 0 saturated heterocycles. The first-order chi connectivity index (χ1) is 13.6. The number of ether oxygens (including phenoxy) is 4. The third-order valence-corrected chi connectivity index (χ3v) is 4.04. The lowest BCUT2D eigenvalue weighted by Gasteiger charge is -2.11. The Hall–Kier alpha value is -3.66. The third kappa shape index (κ3) is 4.95. The number of amides is 1. The van der Waals surface area contributed by atoms with Crippen LogP contribution in [0.25, 0.3) is 6.08 Å². The minimum atomic E-state index is -0.502. The molecule has 0 aliphatic rings. The first kappa shape index (κ1) is 20.6. The molecule has 0 fully saturated rings. The second-order valence-electron chi connectivity index (χ2n) is 5.64. The smallest absolute Gasteiger partial charge is 0.262 e. The number of benzene rings is 2. The Balaban J connectivity index is 2.19. The molecule has 1 amide bonds. The van der Waals surface area contributed by atoms with Crippen LogP contribution in [-0.2, 0) is 11.3 Å². The van der Waals surface area contributed by atoms with Crippen molar-refractivity contribution in [1.82, 2.24) is 5.32 Å². The molecular formula is C21H22N2O5. The number of hydrogen-bond donors (Lipinski definition) is 1. The summed E-state index contributed by atoms with van der Waals surface area (Å²) in [6.45, 7) is 0.199. The Morgan fingerprint density at radius 1 is 0.964 bits per heavy atom. The van der Waals surface area contributed by atoms with E-state index in [-0.39, 0.29) is 12.1 Å². The zero-order chi connectivity index (χ0) is 20.5. The summed E-state index contributed by atoms with van der Waals surface area (Å²) < 4.78 is 20.9. The van der Waals surface area contributed by atoms with Crippen LogP contribution < -0.4 is 24.3 Å². The van der Waals surface area contributed by atoms with Crippen molar-refractivity contribution in [3.05, 3.63) is 53.1 Å². The van der Waals surface area contributed by atoms with Gasteiger partial charge in [-0.25, -0.2) is 0 Å². The second kappa shape index (κ2) is 9.88. The van der Waals surface area contributed by atoms with E-state index in [9.17, 15) is 10.1 Å². The Bertz CT molecular complexity index is 915. The van der Waals surface area contributed by atoms with Gasteiger partial charge in [0.1, 0.15) is 34.6 Å². The van der Waals surface area contributed by atoms with Crippen LogP contribution in [0.2, 0.25) is 0 Å². The molecule has 0 radical (unpaired) electrons. The highest BCUT2D eigenvalue weighted by molar-refractivity contribution is 6.02. The molecule has 1 N–H and O–H groups in total. The molecule has 2 aromatic rings. The summed E-state index contributed by atoms with van der Waals surface area (Å²) in [6, 6.07) is 12.3. The van der Waals surface area contributed by atoms with Crippen molar-refractivity contribution >= 4 is 12.0 Å². The van der Waals surface area contributed by atoms with Gasteiger partial charge < -0.3 is 24.3 Å².